The Bertz CT molecular complexity index is 3790. The number of benzene rings is 2. The topological polar surface area (TPSA) is 145 Å². The van der Waals surface area contributed by atoms with Gasteiger partial charge in [0.15, 0.2) is 11.3 Å². The van der Waals surface area contributed by atoms with Gasteiger partial charge in [-0.1, -0.05) is 0 Å². The Morgan fingerprint density at radius 2 is 0.949 bits per heavy atom. The second kappa shape index (κ2) is 22.7. The Kier molecular flexibility index (Phi) is 15.4. The third kappa shape index (κ3) is 11.8. The molecule has 2 aromatic carbocycles. The van der Waals surface area contributed by atoms with Crippen LogP contribution in [0.15, 0.2) is 147 Å². The second-order valence-electron chi connectivity index (χ2n) is 19.1. The fourth-order valence-corrected chi connectivity index (χ4v) is 9.86. The van der Waals surface area contributed by atoms with Crippen molar-refractivity contribution in [1.29, 1.82) is 0 Å². The Labute approximate surface area is 447 Å². The third-order valence-electron chi connectivity index (χ3n) is 14.0. The van der Waals surface area contributed by atoms with Crippen molar-refractivity contribution in [3.63, 3.8) is 0 Å². The largest absolute Gasteiger partial charge is 0.416 e. The van der Waals surface area contributed by atoms with Crippen molar-refractivity contribution >= 4 is 28.9 Å². The van der Waals surface area contributed by atoms with Crippen LogP contribution in [0.25, 0.3) is 89.1 Å². The number of alkyl halides is 6. The maximum Gasteiger partial charge on any atom is 0.416 e. The molecule has 0 atom stereocenters. The van der Waals surface area contributed by atoms with Gasteiger partial charge in [-0.2, -0.15) is 36.5 Å². The van der Waals surface area contributed by atoms with Crippen LogP contribution in [-0.4, -0.2) is 94.4 Å². The van der Waals surface area contributed by atoms with Gasteiger partial charge >= 0.3 is 12.4 Å². The molecule has 402 valence electrons. The smallest absolute Gasteiger partial charge is 0.317 e. The number of carbonyl (C=O) groups excluding carboxylic acids is 1. The number of halogens is 8. The van der Waals surface area contributed by atoms with Gasteiger partial charge in [-0.05, 0) is 155 Å². The Balaban J connectivity index is 0.000000173. The molecule has 79 heavy (non-hydrogen) atoms. The van der Waals surface area contributed by atoms with Crippen LogP contribution in [0.4, 0.5) is 35.1 Å². The zero-order valence-corrected chi connectivity index (χ0v) is 42.2. The van der Waals surface area contributed by atoms with Crippen LogP contribution >= 0.6 is 0 Å². The highest BCUT2D eigenvalue weighted by atomic mass is 19.4. The van der Waals surface area contributed by atoms with Gasteiger partial charge in [0, 0.05) is 105 Å². The summed E-state index contributed by atoms with van der Waals surface area (Å²) in [5.41, 5.74) is 4.46. The number of hydrogen-bond donors (Lipinski definition) is 1. The van der Waals surface area contributed by atoms with E-state index in [1.54, 1.807) is 55.2 Å². The summed E-state index contributed by atoms with van der Waals surface area (Å²) in [6.45, 7) is 5.95. The van der Waals surface area contributed by atoms with Gasteiger partial charge in [0.2, 0.25) is 0 Å². The summed E-state index contributed by atoms with van der Waals surface area (Å²) in [6, 6.07) is 19.5. The molecule has 2 fully saturated rings. The summed E-state index contributed by atoms with van der Waals surface area (Å²) in [5, 5.41) is 13.9. The second-order valence-corrected chi connectivity index (χ2v) is 19.1. The molecule has 0 spiro atoms. The van der Waals surface area contributed by atoms with E-state index in [0.29, 0.717) is 56.4 Å². The maximum absolute atomic E-state index is 14.8. The molecule has 0 saturated carbocycles. The van der Waals surface area contributed by atoms with Gasteiger partial charge in [-0.15, -0.1) is 0 Å². The molecule has 10 heterocycles. The standard InChI is InChI=1S/C29H24F4N6.C28H22F4N6.CH2O/c1-38-9-6-22(7-10-38)39-17-20(16-36-39)18-11-19(15-34-14-18)24-13-27(37-28-23(24)3-2-8-35-28)25-12-21(29(31,32)33)4-5-26(25)30;29-25-4-3-20(28(30,31)32)11-24(25)26-12-23(22-2-1-7-35-27(22)37-26)18-10-17(13-34-14-18)19-15-36-38(16-19)21-5-8-33-9-6-21;1-2/h2-5,8,11-17,22H,6-7,9-10H2,1H3;1-4,7,10-16,21,33H,5-6,8-9H2;1H2. The van der Waals surface area contributed by atoms with Crippen LogP contribution in [0.1, 0.15) is 48.9 Å². The molecular weight excluding hydrogens is 1030 g/mol. The minimum absolute atomic E-state index is 0.0546. The van der Waals surface area contributed by atoms with Crippen molar-refractivity contribution in [3.05, 3.63) is 170 Å². The van der Waals surface area contributed by atoms with Gasteiger partial charge in [-0.25, -0.2) is 28.7 Å². The number of aromatic nitrogens is 10. The number of nitrogens with one attached hydrogen (secondary N) is 1. The number of rotatable bonds is 8. The summed E-state index contributed by atoms with van der Waals surface area (Å²) >= 11 is 0. The van der Waals surface area contributed by atoms with E-state index in [4.69, 9.17) is 4.79 Å². The molecule has 0 aliphatic carbocycles. The van der Waals surface area contributed by atoms with E-state index in [0.717, 1.165) is 111 Å². The average molecular weight is 1080 g/mol. The minimum Gasteiger partial charge on any atom is -0.317 e. The number of carbonyl (C=O) groups is 1. The monoisotopic (exact) mass is 1080 g/mol. The molecular formula is C58H48F8N12O. The van der Waals surface area contributed by atoms with Crippen LogP contribution in [0.5, 0.6) is 0 Å². The lowest BCUT2D eigenvalue weighted by atomic mass is 9.98. The summed E-state index contributed by atoms with van der Waals surface area (Å²) in [5.74, 6) is -1.60. The number of hydrogen-bond acceptors (Lipinski definition) is 11. The Hall–Kier alpha value is -8.69. The van der Waals surface area contributed by atoms with Crippen LogP contribution in [0.3, 0.4) is 0 Å². The molecule has 8 aromatic heterocycles. The SMILES string of the molecule is C=O.CN1CCC(n2cc(-c3cncc(-c4cc(-c5cc(C(F)(F)F)ccc5F)nc5ncccc45)c3)cn2)CC1.Fc1ccc(C(F)(F)F)cc1-c1cc(-c2cncc(-c3cnn(C4CCNCC4)c3)c2)c2cccnc2n1. The predicted octanol–water partition coefficient (Wildman–Crippen LogP) is 12.8. The fraction of sp³-hybridized carbons (Fsp3) is 0.224. The van der Waals surface area contributed by atoms with Crippen molar-refractivity contribution in [2.75, 3.05) is 33.2 Å². The highest BCUT2D eigenvalue weighted by Crippen LogP contribution is 2.39. The molecule has 2 aliphatic heterocycles. The summed E-state index contributed by atoms with van der Waals surface area (Å²) in [7, 11) is 2.12. The van der Waals surface area contributed by atoms with Crippen LogP contribution < -0.4 is 5.32 Å². The lowest BCUT2D eigenvalue weighted by Gasteiger charge is -2.28. The normalized spacial score (nSPS) is 14.6. The van der Waals surface area contributed by atoms with Gasteiger partial charge in [-0.3, -0.25) is 19.3 Å². The lowest BCUT2D eigenvalue weighted by molar-refractivity contribution is -0.138. The van der Waals surface area contributed by atoms with E-state index >= 15 is 0 Å². The molecule has 0 unspecified atom stereocenters. The van der Waals surface area contributed by atoms with Crippen molar-refractivity contribution < 1.29 is 39.9 Å². The number of piperidine rings is 2. The maximum atomic E-state index is 14.8. The van der Waals surface area contributed by atoms with E-state index in [2.05, 4.69) is 57.4 Å². The quantitative estimate of drug-likeness (QED) is 0.145. The molecule has 12 rings (SSSR count). The highest BCUT2D eigenvalue weighted by Gasteiger charge is 2.33. The number of likely N-dealkylation sites (tertiary alicyclic amines) is 1. The average Bonchev–Trinajstić information content (AvgIpc) is 4.28. The van der Waals surface area contributed by atoms with Gasteiger partial charge in [0.25, 0.3) is 0 Å². The molecule has 1 N–H and O–H groups in total. The summed E-state index contributed by atoms with van der Waals surface area (Å²) in [6.07, 6.45) is 12.4. The lowest BCUT2D eigenvalue weighted by Crippen LogP contribution is -2.31. The van der Waals surface area contributed by atoms with Crippen molar-refractivity contribution in [2.24, 2.45) is 0 Å². The van der Waals surface area contributed by atoms with Crippen molar-refractivity contribution in [2.45, 2.75) is 50.1 Å². The molecule has 13 nitrogen and oxygen atoms in total. The highest BCUT2D eigenvalue weighted by molar-refractivity contribution is 5.96. The molecule has 21 heteroatoms. The minimum atomic E-state index is -4.61. The Morgan fingerprint density at radius 1 is 0.519 bits per heavy atom. The van der Waals surface area contributed by atoms with Crippen molar-refractivity contribution in [1.82, 2.24) is 59.7 Å². The first-order valence-corrected chi connectivity index (χ1v) is 25.1. The van der Waals surface area contributed by atoms with Crippen LogP contribution in [-0.2, 0) is 17.1 Å². The molecule has 10 aromatic rings. The first-order valence-electron chi connectivity index (χ1n) is 25.1. The van der Waals surface area contributed by atoms with Crippen molar-refractivity contribution in [3.8, 4) is 67.0 Å². The zero-order valence-electron chi connectivity index (χ0n) is 42.2. The van der Waals surface area contributed by atoms with E-state index < -0.39 is 35.1 Å². The van der Waals surface area contributed by atoms with Gasteiger partial charge in [0.1, 0.15) is 18.4 Å². The third-order valence-corrected chi connectivity index (χ3v) is 14.0. The molecule has 2 aliphatic rings. The zero-order chi connectivity index (χ0) is 55.4. The summed E-state index contributed by atoms with van der Waals surface area (Å²) < 4.78 is 114. The van der Waals surface area contributed by atoms with Gasteiger partial charge < -0.3 is 15.0 Å². The van der Waals surface area contributed by atoms with Crippen LogP contribution in [0, 0.1) is 11.6 Å². The van der Waals surface area contributed by atoms with E-state index in [1.807, 2.05) is 59.0 Å². The molecule has 0 amide bonds. The van der Waals surface area contributed by atoms with E-state index in [-0.39, 0.29) is 22.5 Å². The van der Waals surface area contributed by atoms with E-state index in [9.17, 15) is 35.1 Å². The molecule has 0 bridgehead atoms. The molecule has 2 saturated heterocycles. The summed E-state index contributed by atoms with van der Waals surface area (Å²) in [4.78, 5) is 36.6. The van der Waals surface area contributed by atoms with Gasteiger partial charge in [0.05, 0.1) is 47.0 Å². The first kappa shape index (κ1) is 53.7. The number of pyridine rings is 6. The first-order chi connectivity index (χ1) is 38.1. The predicted molar refractivity (Wildman–Crippen MR) is 283 cm³/mol. The fourth-order valence-electron chi connectivity index (χ4n) is 9.86. The van der Waals surface area contributed by atoms with E-state index in [1.165, 1.54) is 12.4 Å². The molecule has 0 radical (unpaired) electrons. The number of fused-ring (bicyclic) bond motifs is 2. The number of nitrogens with zero attached hydrogens (tertiary/aromatic N) is 11. The Morgan fingerprint density at radius 3 is 1.39 bits per heavy atom. The van der Waals surface area contributed by atoms with Crippen LogP contribution in [0.2, 0.25) is 0 Å².